The third kappa shape index (κ3) is 4.60. The van der Waals surface area contributed by atoms with E-state index in [0.29, 0.717) is 0 Å². The van der Waals surface area contributed by atoms with Crippen LogP contribution < -0.4 is 0 Å². The zero-order valence-electron chi connectivity index (χ0n) is 9.26. The van der Waals surface area contributed by atoms with E-state index in [9.17, 15) is 9.36 Å². The maximum absolute atomic E-state index is 12.1. The number of carbonyl (C=O) groups is 1. The first-order chi connectivity index (χ1) is 7.00. The van der Waals surface area contributed by atoms with E-state index in [1.54, 1.807) is 13.8 Å². The summed E-state index contributed by atoms with van der Waals surface area (Å²) in [6, 6.07) is 0. The normalized spacial score (nSPS) is 13.3. The molecular weight excluding hydrogens is 219 g/mol. The van der Waals surface area contributed by atoms with E-state index in [2.05, 4.69) is 6.58 Å². The Kier molecular flexibility index (Phi) is 6.48. The first kappa shape index (κ1) is 14.4. The summed E-state index contributed by atoms with van der Waals surface area (Å²) in [6.45, 7) is 8.44. The van der Waals surface area contributed by atoms with Crippen LogP contribution in [0.15, 0.2) is 12.7 Å². The lowest BCUT2D eigenvalue weighted by molar-refractivity contribution is -0.142. The van der Waals surface area contributed by atoms with Crippen molar-refractivity contribution in [1.29, 1.82) is 0 Å². The van der Waals surface area contributed by atoms with Gasteiger partial charge in [0.05, 0.1) is 13.2 Å². The van der Waals surface area contributed by atoms with E-state index >= 15 is 0 Å². The Hall–Kier alpha value is -0.640. The Bertz CT molecular complexity index is 253. The van der Waals surface area contributed by atoms with Gasteiger partial charge in [-0.25, -0.2) is 0 Å². The number of carbonyl (C=O) groups excluding carboxylic acids is 1. The molecule has 0 saturated heterocycles. The van der Waals surface area contributed by atoms with E-state index in [1.165, 1.54) is 13.0 Å². The zero-order valence-corrected chi connectivity index (χ0v) is 10.2. The van der Waals surface area contributed by atoms with Gasteiger partial charge in [-0.2, -0.15) is 0 Å². The molecule has 0 bridgehead atoms. The zero-order chi connectivity index (χ0) is 11.9. The molecule has 0 saturated carbocycles. The fourth-order valence-electron chi connectivity index (χ4n) is 0.956. The molecule has 0 heterocycles. The highest BCUT2D eigenvalue weighted by molar-refractivity contribution is 7.54. The molecule has 0 rings (SSSR count). The van der Waals surface area contributed by atoms with Gasteiger partial charge in [0.2, 0.25) is 5.85 Å². The minimum Gasteiger partial charge on any atom is -0.445 e. The maximum Gasteiger partial charge on any atom is 0.374 e. The highest BCUT2D eigenvalue weighted by Gasteiger charge is 2.35. The number of ether oxygens (including phenoxy) is 1. The first-order valence-electron chi connectivity index (χ1n) is 4.68. The first-order valence-corrected chi connectivity index (χ1v) is 6.29. The van der Waals surface area contributed by atoms with E-state index in [1.807, 2.05) is 0 Å². The molecule has 88 valence electrons. The van der Waals surface area contributed by atoms with E-state index < -0.39 is 19.4 Å². The Balaban J connectivity index is 4.75. The van der Waals surface area contributed by atoms with Crippen molar-refractivity contribution in [3.8, 4) is 0 Å². The van der Waals surface area contributed by atoms with Gasteiger partial charge >= 0.3 is 13.6 Å². The molecule has 0 fully saturated rings. The number of esters is 1. The molecule has 6 heteroatoms. The fourth-order valence-corrected chi connectivity index (χ4v) is 2.58. The van der Waals surface area contributed by atoms with Crippen LogP contribution in [0.1, 0.15) is 20.8 Å². The average Bonchev–Trinajstić information content (AvgIpc) is 2.14. The standard InChI is InChI=1S/C9H17O5P/c1-5-9(14-8(4)10)15(11,12-6-2)13-7-3/h5,9H,1,6-7H2,2-4H3. The summed E-state index contributed by atoms with van der Waals surface area (Å²) in [4.78, 5) is 10.8. The number of hydrogen-bond acceptors (Lipinski definition) is 5. The highest BCUT2D eigenvalue weighted by Crippen LogP contribution is 2.53. The predicted octanol–water partition coefficient (Wildman–Crippen LogP) is 2.33. The van der Waals surface area contributed by atoms with Crippen molar-refractivity contribution in [1.82, 2.24) is 0 Å². The smallest absolute Gasteiger partial charge is 0.374 e. The van der Waals surface area contributed by atoms with Crippen molar-refractivity contribution in [2.24, 2.45) is 0 Å². The topological polar surface area (TPSA) is 61.8 Å². The van der Waals surface area contributed by atoms with Gasteiger partial charge in [0.1, 0.15) is 0 Å². The molecule has 15 heavy (non-hydrogen) atoms. The molecule has 0 radical (unpaired) electrons. The Morgan fingerprint density at radius 1 is 1.40 bits per heavy atom. The van der Waals surface area contributed by atoms with Gasteiger partial charge in [0.15, 0.2) is 0 Å². The van der Waals surface area contributed by atoms with E-state index in [4.69, 9.17) is 13.8 Å². The lowest BCUT2D eigenvalue weighted by atomic mass is 10.7. The van der Waals surface area contributed by atoms with Gasteiger partial charge in [-0.15, -0.1) is 0 Å². The molecule has 1 unspecified atom stereocenters. The Labute approximate surface area is 89.9 Å². The van der Waals surface area contributed by atoms with Crippen LogP contribution in [0.5, 0.6) is 0 Å². The van der Waals surface area contributed by atoms with Crippen LogP contribution >= 0.6 is 7.60 Å². The van der Waals surface area contributed by atoms with E-state index in [0.717, 1.165) is 0 Å². The van der Waals surface area contributed by atoms with Gasteiger partial charge in [-0.3, -0.25) is 9.36 Å². The van der Waals surface area contributed by atoms with Crippen molar-refractivity contribution in [3.05, 3.63) is 12.7 Å². The second-order valence-electron chi connectivity index (χ2n) is 2.61. The van der Waals surface area contributed by atoms with Crippen molar-refractivity contribution in [2.45, 2.75) is 26.6 Å². The highest BCUT2D eigenvalue weighted by atomic mass is 31.2. The van der Waals surface area contributed by atoms with Crippen LogP contribution in [0.2, 0.25) is 0 Å². The van der Waals surface area contributed by atoms with Crippen molar-refractivity contribution >= 4 is 13.6 Å². The van der Waals surface area contributed by atoms with Crippen LogP contribution in [-0.4, -0.2) is 25.0 Å². The molecule has 0 aromatic heterocycles. The monoisotopic (exact) mass is 236 g/mol. The summed E-state index contributed by atoms with van der Waals surface area (Å²) < 4.78 is 26.9. The van der Waals surface area contributed by atoms with Crippen LogP contribution in [0, 0.1) is 0 Å². The third-order valence-electron chi connectivity index (χ3n) is 1.42. The summed E-state index contributed by atoms with van der Waals surface area (Å²) in [5.41, 5.74) is 0. The van der Waals surface area contributed by atoms with Crippen LogP contribution in [-0.2, 0) is 23.1 Å². The molecular formula is C9H17O5P. The van der Waals surface area contributed by atoms with Gasteiger partial charge in [0.25, 0.3) is 0 Å². The third-order valence-corrected chi connectivity index (χ3v) is 3.59. The molecule has 0 aromatic rings. The van der Waals surface area contributed by atoms with Crippen molar-refractivity contribution in [3.63, 3.8) is 0 Å². The molecule has 0 aliphatic rings. The van der Waals surface area contributed by atoms with Crippen LogP contribution in [0.25, 0.3) is 0 Å². The fraction of sp³-hybridized carbons (Fsp3) is 0.667. The van der Waals surface area contributed by atoms with Crippen molar-refractivity contribution in [2.75, 3.05) is 13.2 Å². The second-order valence-corrected chi connectivity index (χ2v) is 4.72. The van der Waals surface area contributed by atoms with Gasteiger partial charge < -0.3 is 13.8 Å². The summed E-state index contributed by atoms with van der Waals surface area (Å²) in [5.74, 6) is -1.60. The minimum atomic E-state index is -3.44. The lowest BCUT2D eigenvalue weighted by Crippen LogP contribution is -2.17. The Morgan fingerprint density at radius 3 is 2.13 bits per heavy atom. The molecule has 0 amide bonds. The minimum absolute atomic E-state index is 0.211. The van der Waals surface area contributed by atoms with Gasteiger partial charge in [0, 0.05) is 6.92 Å². The molecule has 5 nitrogen and oxygen atoms in total. The van der Waals surface area contributed by atoms with Crippen LogP contribution in [0.3, 0.4) is 0 Å². The summed E-state index contributed by atoms with van der Waals surface area (Å²) in [7, 11) is -3.44. The quantitative estimate of drug-likeness (QED) is 0.385. The molecule has 0 spiro atoms. The second kappa shape index (κ2) is 6.77. The molecule has 0 aliphatic carbocycles. The number of hydrogen-bond donors (Lipinski definition) is 0. The maximum atomic E-state index is 12.1. The largest absolute Gasteiger partial charge is 0.445 e. The summed E-state index contributed by atoms with van der Waals surface area (Å²) in [5, 5.41) is 0. The number of rotatable bonds is 7. The SMILES string of the molecule is C=CC(OC(C)=O)P(=O)(OCC)OCC. The molecule has 0 N–H and O–H groups in total. The van der Waals surface area contributed by atoms with Crippen molar-refractivity contribution < 1.29 is 23.1 Å². The molecule has 0 aromatic carbocycles. The summed E-state index contributed by atoms with van der Waals surface area (Å²) in [6.07, 6.45) is 1.24. The predicted molar refractivity (Wildman–Crippen MR) is 56.6 cm³/mol. The Morgan fingerprint density at radius 2 is 1.87 bits per heavy atom. The average molecular weight is 236 g/mol. The van der Waals surface area contributed by atoms with Crippen LogP contribution in [0.4, 0.5) is 0 Å². The lowest BCUT2D eigenvalue weighted by Gasteiger charge is -2.23. The van der Waals surface area contributed by atoms with Gasteiger partial charge in [-0.1, -0.05) is 6.58 Å². The molecule has 1 atom stereocenters. The molecule has 0 aliphatic heterocycles. The van der Waals surface area contributed by atoms with E-state index in [-0.39, 0.29) is 13.2 Å². The summed E-state index contributed by atoms with van der Waals surface area (Å²) >= 11 is 0. The van der Waals surface area contributed by atoms with Gasteiger partial charge in [-0.05, 0) is 19.9 Å².